The number of hydrogen-bond donors (Lipinski definition) is 3. The first-order valence-corrected chi connectivity index (χ1v) is 19.7. The Morgan fingerprint density at radius 3 is 2.02 bits per heavy atom. The highest BCUT2D eigenvalue weighted by atomic mass is 19.4. The molecule has 2 saturated heterocycles. The molecule has 316 valence electrons. The maximum atomic E-state index is 13.6. The number of nitrogens with zero attached hydrogens (tertiary/aromatic N) is 4. The molecule has 4 heterocycles. The number of alkyl halides is 3. The van der Waals surface area contributed by atoms with Crippen molar-refractivity contribution in [2.75, 3.05) is 40.5 Å². The third kappa shape index (κ3) is 10.5. The van der Waals surface area contributed by atoms with Gasteiger partial charge >= 0.3 is 18.4 Å². The molecule has 0 unspecified atom stereocenters. The monoisotopic (exact) mass is 821 g/mol. The number of imidazole rings is 1. The quantitative estimate of drug-likeness (QED) is 0.152. The minimum Gasteiger partial charge on any atom is -0.453 e. The van der Waals surface area contributed by atoms with Gasteiger partial charge in [-0.1, -0.05) is 62.4 Å². The van der Waals surface area contributed by atoms with Gasteiger partial charge in [-0.3, -0.25) is 14.6 Å². The standard InChI is InChI=1S/C42H50F3N7O7/c1-25(2)36(50-41(56)58-4)39(54)51-18-5-7-34(51)32-21-30(22-46-32)28-11-9-26(10-12-28)27-13-15-29(16-14-27)33-23-47-37(48-33)35-8-6-19-52(35)38(53)31(49-40(55)57-3)17-20-59-24-42(43,44)45/h9-16,22-23,25,31,34-36H,5-8,17-21,24H2,1-4H3,(H,47,48)(H,49,55)(H,50,56)/t31-,34-,35-,36-/m0/s1. The van der Waals surface area contributed by atoms with E-state index in [1.807, 2.05) is 49.2 Å². The van der Waals surface area contributed by atoms with Gasteiger partial charge in [0.05, 0.1) is 38.2 Å². The first kappa shape index (κ1) is 42.9. The lowest BCUT2D eigenvalue weighted by Gasteiger charge is -2.31. The van der Waals surface area contributed by atoms with Crippen molar-refractivity contribution < 1.29 is 46.6 Å². The molecule has 1 aromatic heterocycles. The van der Waals surface area contributed by atoms with Crippen molar-refractivity contribution in [3.8, 4) is 22.4 Å². The van der Waals surface area contributed by atoms with E-state index >= 15 is 0 Å². The molecule has 14 nitrogen and oxygen atoms in total. The number of likely N-dealkylation sites (tertiary alicyclic amines) is 2. The van der Waals surface area contributed by atoms with E-state index in [-0.39, 0.29) is 30.9 Å². The van der Waals surface area contributed by atoms with Gasteiger partial charge in [-0.15, -0.1) is 0 Å². The number of ether oxygens (including phenoxy) is 3. The van der Waals surface area contributed by atoms with Crippen LogP contribution >= 0.6 is 0 Å². The maximum absolute atomic E-state index is 13.6. The Labute approximate surface area is 340 Å². The second-order valence-electron chi connectivity index (χ2n) is 15.2. The molecule has 4 amide bonds. The third-order valence-electron chi connectivity index (χ3n) is 10.9. The van der Waals surface area contributed by atoms with E-state index in [0.29, 0.717) is 38.2 Å². The summed E-state index contributed by atoms with van der Waals surface area (Å²) in [7, 11) is 2.42. The summed E-state index contributed by atoms with van der Waals surface area (Å²) in [6.45, 7) is 2.94. The summed E-state index contributed by atoms with van der Waals surface area (Å²) in [5, 5.41) is 5.13. The van der Waals surface area contributed by atoms with E-state index in [0.717, 1.165) is 59.2 Å². The zero-order chi connectivity index (χ0) is 42.3. The highest BCUT2D eigenvalue weighted by Crippen LogP contribution is 2.34. The first-order valence-electron chi connectivity index (χ1n) is 19.7. The van der Waals surface area contributed by atoms with Crippen LogP contribution in [0.1, 0.15) is 69.8 Å². The predicted molar refractivity (Wildman–Crippen MR) is 213 cm³/mol. The first-order chi connectivity index (χ1) is 28.3. The maximum Gasteiger partial charge on any atom is 0.411 e. The molecule has 3 N–H and O–H groups in total. The number of aliphatic imine (C=N–C) groups is 1. The van der Waals surface area contributed by atoms with Gasteiger partial charge in [0.15, 0.2) is 0 Å². The summed E-state index contributed by atoms with van der Waals surface area (Å²) in [6.07, 6.45) is 0.986. The number of halogens is 3. The molecule has 2 fully saturated rings. The highest BCUT2D eigenvalue weighted by Gasteiger charge is 2.39. The number of amides is 4. The van der Waals surface area contributed by atoms with Crippen molar-refractivity contribution in [2.24, 2.45) is 10.9 Å². The van der Waals surface area contributed by atoms with Crippen LogP contribution in [0, 0.1) is 5.92 Å². The summed E-state index contributed by atoms with van der Waals surface area (Å²) >= 11 is 0. The number of allylic oxidation sites excluding steroid dienone is 1. The van der Waals surface area contributed by atoms with Crippen molar-refractivity contribution in [1.29, 1.82) is 0 Å². The van der Waals surface area contributed by atoms with Crippen LogP contribution in [0.25, 0.3) is 28.0 Å². The van der Waals surface area contributed by atoms with Gasteiger partial charge in [-0.2, -0.15) is 13.2 Å². The molecule has 17 heteroatoms. The van der Waals surface area contributed by atoms with Gasteiger partial charge in [-0.05, 0) is 59.4 Å². The molecule has 0 spiro atoms. The van der Waals surface area contributed by atoms with Crippen LogP contribution in [0.2, 0.25) is 0 Å². The van der Waals surface area contributed by atoms with Gasteiger partial charge in [0.25, 0.3) is 0 Å². The van der Waals surface area contributed by atoms with E-state index in [1.165, 1.54) is 7.11 Å². The van der Waals surface area contributed by atoms with Crippen LogP contribution in [0.15, 0.2) is 65.9 Å². The molecule has 3 aliphatic rings. The molecule has 0 aliphatic carbocycles. The Balaban J connectivity index is 1.06. The smallest absolute Gasteiger partial charge is 0.411 e. The summed E-state index contributed by atoms with van der Waals surface area (Å²) in [4.78, 5) is 67.2. The summed E-state index contributed by atoms with van der Waals surface area (Å²) in [5.41, 5.74) is 6.71. The average Bonchev–Trinajstić information content (AvgIpc) is 4.07. The summed E-state index contributed by atoms with van der Waals surface area (Å²) < 4.78 is 51.8. The Kier molecular flexibility index (Phi) is 13.7. The molecule has 0 bridgehead atoms. The largest absolute Gasteiger partial charge is 0.453 e. The SMILES string of the molecule is COC(=O)N[C@@H](CCOCC(F)(F)F)C(=O)N1CCC[C@H]1c1ncc(-c2ccc(-c3ccc(C4=CN=C([C@@H]5CCCN5C(=O)[C@@H](NC(=O)OC)C(C)C)C4)cc3)cc2)[nH]1. The van der Waals surface area contributed by atoms with Crippen molar-refractivity contribution in [3.05, 3.63) is 72.3 Å². The molecule has 0 radical (unpaired) electrons. The summed E-state index contributed by atoms with van der Waals surface area (Å²) in [6, 6.07) is 13.9. The predicted octanol–water partition coefficient (Wildman–Crippen LogP) is 6.66. The Bertz CT molecular complexity index is 2030. The van der Waals surface area contributed by atoms with Gasteiger partial charge in [0.2, 0.25) is 11.8 Å². The van der Waals surface area contributed by atoms with E-state index < -0.39 is 49.0 Å². The van der Waals surface area contributed by atoms with Crippen LogP contribution in [0.5, 0.6) is 0 Å². The molecule has 4 atom stereocenters. The topological polar surface area (TPSA) is 168 Å². The van der Waals surface area contributed by atoms with Crippen molar-refractivity contribution in [2.45, 2.75) is 82.7 Å². The fourth-order valence-corrected chi connectivity index (χ4v) is 7.82. The number of benzene rings is 2. The lowest BCUT2D eigenvalue weighted by molar-refractivity contribution is -0.174. The zero-order valence-electron chi connectivity index (χ0n) is 33.5. The van der Waals surface area contributed by atoms with Crippen LogP contribution in [-0.4, -0.2) is 114 Å². The third-order valence-corrected chi connectivity index (χ3v) is 10.9. The van der Waals surface area contributed by atoms with Gasteiger partial charge in [0.1, 0.15) is 24.5 Å². The number of hydrogen-bond acceptors (Lipinski definition) is 9. The van der Waals surface area contributed by atoms with E-state index in [1.54, 1.807) is 11.1 Å². The van der Waals surface area contributed by atoms with Crippen LogP contribution in [-0.2, 0) is 23.8 Å². The molecule has 59 heavy (non-hydrogen) atoms. The van der Waals surface area contributed by atoms with Crippen LogP contribution in [0.4, 0.5) is 22.8 Å². The molecule has 3 aromatic rings. The fraction of sp³-hybridized carbons (Fsp3) is 0.476. The van der Waals surface area contributed by atoms with E-state index in [4.69, 9.17) is 14.5 Å². The Morgan fingerprint density at radius 2 is 1.41 bits per heavy atom. The lowest BCUT2D eigenvalue weighted by atomic mass is 9.95. The summed E-state index contributed by atoms with van der Waals surface area (Å²) in [5.74, 6) is -0.136. The minimum atomic E-state index is -4.51. The number of aromatic amines is 1. The second-order valence-corrected chi connectivity index (χ2v) is 15.2. The highest BCUT2D eigenvalue weighted by molar-refractivity contribution is 6.04. The molecule has 6 rings (SSSR count). The van der Waals surface area contributed by atoms with E-state index in [2.05, 4.69) is 49.6 Å². The number of methoxy groups -OCH3 is 2. The Morgan fingerprint density at radius 1 is 0.831 bits per heavy atom. The number of H-pyrrole nitrogens is 1. The lowest BCUT2D eigenvalue weighted by Crippen LogP contribution is -2.53. The van der Waals surface area contributed by atoms with E-state index in [9.17, 15) is 32.3 Å². The normalized spacial score (nSPS) is 19.0. The van der Waals surface area contributed by atoms with Crippen molar-refractivity contribution in [3.63, 3.8) is 0 Å². The minimum absolute atomic E-state index is 0.109. The van der Waals surface area contributed by atoms with Crippen LogP contribution < -0.4 is 10.6 Å². The number of aromatic nitrogens is 2. The van der Waals surface area contributed by atoms with Crippen LogP contribution in [0.3, 0.4) is 0 Å². The van der Waals surface area contributed by atoms with Gasteiger partial charge < -0.3 is 39.6 Å². The fourth-order valence-electron chi connectivity index (χ4n) is 7.82. The van der Waals surface area contributed by atoms with Gasteiger partial charge in [0, 0.05) is 44.4 Å². The second kappa shape index (κ2) is 18.9. The number of nitrogens with one attached hydrogen (secondary N) is 3. The molecule has 0 saturated carbocycles. The zero-order valence-corrected chi connectivity index (χ0v) is 33.5. The number of carbonyl (C=O) groups is 4. The van der Waals surface area contributed by atoms with Crippen molar-refractivity contribution >= 4 is 35.3 Å². The molecule has 3 aliphatic heterocycles. The van der Waals surface area contributed by atoms with Crippen molar-refractivity contribution in [1.82, 2.24) is 30.4 Å². The number of alkyl carbamates (subject to hydrolysis) is 2. The molecular formula is C42H50F3N7O7. The molecular weight excluding hydrogens is 771 g/mol. The molecule has 2 aromatic carbocycles. The van der Waals surface area contributed by atoms with Gasteiger partial charge in [-0.25, -0.2) is 14.6 Å². The number of carbonyl (C=O) groups excluding carboxylic acids is 4. The number of rotatable bonds is 14. The Hall–Kier alpha value is -5.71. The average molecular weight is 822 g/mol.